The van der Waals surface area contributed by atoms with Crippen molar-refractivity contribution < 1.29 is 4.74 Å². The van der Waals surface area contributed by atoms with Crippen molar-refractivity contribution in [3.8, 4) is 5.88 Å². The molecular weight excluding hydrogens is 230 g/mol. The van der Waals surface area contributed by atoms with Crippen LogP contribution < -0.4 is 15.8 Å². The van der Waals surface area contributed by atoms with Crippen LogP contribution in [0.4, 0.5) is 11.5 Å². The lowest BCUT2D eigenvalue weighted by Crippen LogP contribution is -2.09. The Morgan fingerprint density at radius 3 is 2.83 bits per heavy atom. The molecule has 0 atom stereocenters. The topological polar surface area (TPSA) is 86.0 Å². The van der Waals surface area contributed by atoms with E-state index >= 15 is 0 Å². The predicted octanol–water partition coefficient (Wildman–Crippen LogP) is 1.38. The second-order valence-corrected chi connectivity index (χ2v) is 3.72. The Balaban J connectivity index is 2.17. The molecule has 18 heavy (non-hydrogen) atoms. The van der Waals surface area contributed by atoms with Gasteiger partial charge in [0.1, 0.15) is 11.5 Å². The van der Waals surface area contributed by atoms with Gasteiger partial charge in [0.2, 0.25) is 5.88 Å². The van der Waals surface area contributed by atoms with Crippen LogP contribution in [0.25, 0.3) is 0 Å². The Bertz CT molecular complexity index is 529. The summed E-state index contributed by atoms with van der Waals surface area (Å²) in [5, 5.41) is 3.13. The molecular formula is C12H15N5O. The molecule has 2 rings (SSSR count). The molecule has 6 nitrogen and oxygen atoms in total. The minimum absolute atomic E-state index is 0.381. The number of rotatable bonds is 4. The number of anilines is 2. The van der Waals surface area contributed by atoms with Crippen molar-refractivity contribution in [2.45, 2.75) is 13.5 Å². The molecule has 0 aliphatic heterocycles. The molecule has 0 radical (unpaired) electrons. The summed E-state index contributed by atoms with van der Waals surface area (Å²) in [4.78, 5) is 12.5. The summed E-state index contributed by atoms with van der Waals surface area (Å²) >= 11 is 0. The van der Waals surface area contributed by atoms with Crippen LogP contribution in [0.3, 0.4) is 0 Å². The van der Waals surface area contributed by atoms with E-state index in [9.17, 15) is 0 Å². The van der Waals surface area contributed by atoms with Crippen LogP contribution in [-0.4, -0.2) is 22.1 Å². The highest BCUT2D eigenvalue weighted by atomic mass is 16.5. The molecule has 0 bridgehead atoms. The van der Waals surface area contributed by atoms with Crippen LogP contribution in [0.1, 0.15) is 11.5 Å². The van der Waals surface area contributed by atoms with Crippen LogP contribution in [0, 0.1) is 6.92 Å². The summed E-state index contributed by atoms with van der Waals surface area (Å²) in [7, 11) is 1.53. The molecule has 0 spiro atoms. The number of aryl methyl sites for hydroxylation is 1. The number of nitrogens with zero attached hydrogens (tertiary/aromatic N) is 3. The fourth-order valence-electron chi connectivity index (χ4n) is 1.52. The monoisotopic (exact) mass is 245 g/mol. The van der Waals surface area contributed by atoms with Crippen molar-refractivity contribution in [3.05, 3.63) is 35.9 Å². The lowest BCUT2D eigenvalue weighted by atomic mass is 10.3. The zero-order valence-corrected chi connectivity index (χ0v) is 10.3. The molecule has 0 aliphatic rings. The molecule has 0 aromatic carbocycles. The summed E-state index contributed by atoms with van der Waals surface area (Å²) < 4.78 is 5.09. The number of aromatic nitrogens is 3. The van der Waals surface area contributed by atoms with E-state index in [0.717, 1.165) is 5.69 Å². The molecule has 0 fully saturated rings. The number of ether oxygens (including phenoxy) is 1. The van der Waals surface area contributed by atoms with Gasteiger partial charge in [0, 0.05) is 6.20 Å². The fraction of sp³-hybridized carbons (Fsp3) is 0.250. The van der Waals surface area contributed by atoms with E-state index < -0.39 is 0 Å². The summed E-state index contributed by atoms with van der Waals surface area (Å²) in [5.41, 5.74) is 7.21. The first-order chi connectivity index (χ1) is 8.70. The Hall–Kier alpha value is -2.37. The van der Waals surface area contributed by atoms with Crippen molar-refractivity contribution in [1.82, 2.24) is 15.0 Å². The summed E-state index contributed by atoms with van der Waals surface area (Å²) in [6.45, 7) is 2.33. The third-order valence-corrected chi connectivity index (χ3v) is 2.38. The highest BCUT2D eigenvalue weighted by Gasteiger charge is 2.10. The molecule has 2 aromatic rings. The smallest absolute Gasteiger partial charge is 0.242 e. The van der Waals surface area contributed by atoms with E-state index in [-0.39, 0.29) is 0 Å². The maximum atomic E-state index is 5.89. The molecule has 6 heteroatoms. The van der Waals surface area contributed by atoms with Gasteiger partial charge in [-0.3, -0.25) is 4.98 Å². The van der Waals surface area contributed by atoms with Crippen molar-refractivity contribution in [2.24, 2.45) is 0 Å². The van der Waals surface area contributed by atoms with Gasteiger partial charge >= 0.3 is 0 Å². The van der Waals surface area contributed by atoms with Crippen molar-refractivity contribution >= 4 is 11.5 Å². The number of methoxy groups -OCH3 is 1. The standard InChI is InChI=1S/C12H15N5O/c1-8-16-11(10(13)12(17-8)18-2)15-7-9-5-3-4-6-14-9/h3-6H,7,13H2,1-2H3,(H,15,16,17). The predicted molar refractivity (Wildman–Crippen MR) is 69.3 cm³/mol. The van der Waals surface area contributed by atoms with E-state index in [0.29, 0.717) is 29.8 Å². The zero-order chi connectivity index (χ0) is 13.0. The molecule has 2 aromatic heterocycles. The fourth-order valence-corrected chi connectivity index (χ4v) is 1.52. The normalized spacial score (nSPS) is 10.1. The van der Waals surface area contributed by atoms with Crippen LogP contribution in [0.15, 0.2) is 24.4 Å². The number of pyridine rings is 1. The van der Waals surface area contributed by atoms with Crippen molar-refractivity contribution in [1.29, 1.82) is 0 Å². The maximum absolute atomic E-state index is 5.89. The average molecular weight is 245 g/mol. The van der Waals surface area contributed by atoms with Gasteiger partial charge in [-0.1, -0.05) is 6.07 Å². The Kier molecular flexibility index (Phi) is 3.57. The molecule has 0 amide bonds. The second-order valence-electron chi connectivity index (χ2n) is 3.72. The third kappa shape index (κ3) is 2.65. The van der Waals surface area contributed by atoms with E-state index in [2.05, 4.69) is 20.3 Å². The van der Waals surface area contributed by atoms with Gasteiger partial charge in [-0.05, 0) is 19.1 Å². The Morgan fingerprint density at radius 2 is 2.17 bits per heavy atom. The van der Waals surface area contributed by atoms with Crippen LogP contribution in [-0.2, 0) is 6.54 Å². The first kappa shape index (κ1) is 12.1. The number of nitrogen functional groups attached to an aromatic ring is 1. The molecule has 0 unspecified atom stereocenters. The number of hydrogen-bond donors (Lipinski definition) is 2. The van der Waals surface area contributed by atoms with E-state index in [4.69, 9.17) is 10.5 Å². The lowest BCUT2D eigenvalue weighted by molar-refractivity contribution is 0.398. The molecule has 0 saturated carbocycles. The largest absolute Gasteiger partial charge is 0.479 e. The van der Waals surface area contributed by atoms with Crippen molar-refractivity contribution in [2.75, 3.05) is 18.2 Å². The molecule has 94 valence electrons. The summed E-state index contributed by atoms with van der Waals surface area (Å²) in [6.07, 6.45) is 1.74. The summed E-state index contributed by atoms with van der Waals surface area (Å²) in [5.74, 6) is 1.54. The third-order valence-electron chi connectivity index (χ3n) is 2.38. The Labute approximate surface area is 105 Å². The van der Waals surface area contributed by atoms with Gasteiger partial charge in [-0.25, -0.2) is 4.98 Å². The van der Waals surface area contributed by atoms with Crippen LogP contribution in [0.2, 0.25) is 0 Å². The van der Waals surface area contributed by atoms with Crippen molar-refractivity contribution in [3.63, 3.8) is 0 Å². The molecule has 3 N–H and O–H groups in total. The maximum Gasteiger partial charge on any atom is 0.242 e. The zero-order valence-electron chi connectivity index (χ0n) is 10.3. The van der Waals surface area contributed by atoms with E-state index in [1.807, 2.05) is 18.2 Å². The minimum atomic E-state index is 0.381. The highest BCUT2D eigenvalue weighted by Crippen LogP contribution is 2.25. The van der Waals surface area contributed by atoms with Gasteiger partial charge in [0.05, 0.1) is 19.3 Å². The minimum Gasteiger partial charge on any atom is -0.479 e. The van der Waals surface area contributed by atoms with Gasteiger partial charge < -0.3 is 15.8 Å². The number of hydrogen-bond acceptors (Lipinski definition) is 6. The average Bonchev–Trinajstić information content (AvgIpc) is 2.40. The molecule has 2 heterocycles. The van der Waals surface area contributed by atoms with Gasteiger partial charge in [-0.2, -0.15) is 4.98 Å². The second kappa shape index (κ2) is 5.31. The van der Waals surface area contributed by atoms with Gasteiger partial charge in [0.15, 0.2) is 5.82 Å². The van der Waals surface area contributed by atoms with Gasteiger partial charge in [0.25, 0.3) is 0 Å². The first-order valence-corrected chi connectivity index (χ1v) is 5.52. The first-order valence-electron chi connectivity index (χ1n) is 5.52. The SMILES string of the molecule is COc1nc(C)nc(NCc2ccccn2)c1N. The Morgan fingerprint density at radius 1 is 1.33 bits per heavy atom. The quantitative estimate of drug-likeness (QED) is 0.846. The number of nitrogens with two attached hydrogens (primary N) is 1. The lowest BCUT2D eigenvalue weighted by Gasteiger charge is -2.11. The van der Waals surface area contributed by atoms with E-state index in [1.54, 1.807) is 13.1 Å². The van der Waals surface area contributed by atoms with Gasteiger partial charge in [-0.15, -0.1) is 0 Å². The highest BCUT2D eigenvalue weighted by molar-refractivity contribution is 5.66. The molecule has 0 aliphatic carbocycles. The molecule has 0 saturated heterocycles. The number of nitrogens with one attached hydrogen (secondary N) is 1. The van der Waals surface area contributed by atoms with E-state index in [1.165, 1.54) is 7.11 Å². The van der Waals surface area contributed by atoms with Crippen LogP contribution >= 0.6 is 0 Å². The summed E-state index contributed by atoms with van der Waals surface area (Å²) in [6, 6.07) is 5.73. The van der Waals surface area contributed by atoms with Crippen LogP contribution in [0.5, 0.6) is 5.88 Å².